The lowest BCUT2D eigenvalue weighted by Gasteiger charge is -2.12. The van der Waals surface area contributed by atoms with Crippen LogP contribution in [-0.2, 0) is 12.6 Å². The molecule has 0 spiro atoms. The van der Waals surface area contributed by atoms with Crippen molar-refractivity contribution in [2.75, 3.05) is 0 Å². The van der Waals surface area contributed by atoms with Crippen LogP contribution in [0.15, 0.2) is 52.9 Å². The van der Waals surface area contributed by atoms with Gasteiger partial charge in [-0.2, -0.15) is 13.2 Å². The highest BCUT2D eigenvalue weighted by atomic mass is 19.4. The Labute approximate surface area is 143 Å². The van der Waals surface area contributed by atoms with E-state index in [1.807, 2.05) is 0 Å². The lowest BCUT2D eigenvalue weighted by molar-refractivity contribution is -0.137. The number of rotatable bonds is 5. The largest absolute Gasteiger partial charge is 0.421 e. The summed E-state index contributed by atoms with van der Waals surface area (Å²) in [5.74, 6) is 0.949. The lowest BCUT2D eigenvalue weighted by atomic mass is 9.98. The fourth-order valence-corrected chi connectivity index (χ4v) is 2.57. The van der Waals surface area contributed by atoms with E-state index in [0.717, 1.165) is 25.3 Å². The summed E-state index contributed by atoms with van der Waals surface area (Å²) >= 11 is 0. The second-order valence-electron chi connectivity index (χ2n) is 5.73. The van der Waals surface area contributed by atoms with Crippen LogP contribution >= 0.6 is 0 Å². The molecular weight excluding hydrogens is 329 g/mol. The van der Waals surface area contributed by atoms with Gasteiger partial charge in [0.25, 0.3) is 0 Å². The van der Waals surface area contributed by atoms with E-state index in [0.29, 0.717) is 22.9 Å². The summed E-state index contributed by atoms with van der Waals surface area (Å²) in [4.78, 5) is 0. The first-order valence-electron chi connectivity index (χ1n) is 8.08. The zero-order valence-corrected chi connectivity index (χ0v) is 13.7. The summed E-state index contributed by atoms with van der Waals surface area (Å²) in [7, 11) is 0. The molecule has 3 rings (SSSR count). The molecule has 0 amide bonds. The van der Waals surface area contributed by atoms with E-state index in [-0.39, 0.29) is 5.56 Å². The number of halogens is 3. The molecule has 0 aliphatic heterocycles. The van der Waals surface area contributed by atoms with E-state index in [9.17, 15) is 13.2 Å². The molecule has 2 aromatic carbocycles. The Morgan fingerprint density at radius 2 is 1.60 bits per heavy atom. The van der Waals surface area contributed by atoms with Crippen LogP contribution in [0.2, 0.25) is 0 Å². The summed E-state index contributed by atoms with van der Waals surface area (Å²) in [6, 6.07) is 12.2. The molecule has 0 atom stereocenters. The average Bonchev–Trinajstić information content (AvgIpc) is 3.08. The first kappa shape index (κ1) is 17.2. The van der Waals surface area contributed by atoms with Crippen LogP contribution in [0.4, 0.5) is 13.2 Å². The summed E-state index contributed by atoms with van der Waals surface area (Å²) in [5.41, 5.74) is 0.670. The van der Waals surface area contributed by atoms with E-state index in [4.69, 9.17) is 4.42 Å². The standard InChI is InChI=1S/C19H17F3N2O/c1-2-3-8-17-23-24-18(25-17)14-11-9-13(10-12-14)15-6-4-5-7-16(15)19(20,21)22/h4-7,9-12H,2-3,8H2,1H3. The SMILES string of the molecule is CCCCc1nnc(-c2ccc(-c3ccccc3C(F)(F)F)cc2)o1. The third-order valence-electron chi connectivity index (χ3n) is 3.89. The maximum absolute atomic E-state index is 13.1. The molecule has 1 heterocycles. The van der Waals surface area contributed by atoms with Gasteiger partial charge < -0.3 is 4.42 Å². The fraction of sp³-hybridized carbons (Fsp3) is 0.263. The van der Waals surface area contributed by atoms with E-state index in [1.54, 1.807) is 30.3 Å². The third kappa shape index (κ3) is 3.90. The Hall–Kier alpha value is -2.63. The van der Waals surface area contributed by atoms with Gasteiger partial charge in [-0.1, -0.05) is 43.7 Å². The number of nitrogens with zero attached hydrogens (tertiary/aromatic N) is 2. The van der Waals surface area contributed by atoms with Crippen LogP contribution < -0.4 is 0 Å². The van der Waals surface area contributed by atoms with Crippen molar-refractivity contribution < 1.29 is 17.6 Å². The van der Waals surface area contributed by atoms with E-state index in [2.05, 4.69) is 17.1 Å². The molecule has 3 aromatic rings. The summed E-state index contributed by atoms with van der Waals surface area (Å²) in [6.07, 6.45) is -1.67. The minimum Gasteiger partial charge on any atom is -0.421 e. The van der Waals surface area contributed by atoms with Gasteiger partial charge in [-0.25, -0.2) is 0 Å². The molecule has 0 fully saturated rings. The van der Waals surface area contributed by atoms with Crippen LogP contribution in [0, 0.1) is 0 Å². The van der Waals surface area contributed by atoms with Crippen LogP contribution in [0.1, 0.15) is 31.2 Å². The van der Waals surface area contributed by atoms with Crippen molar-refractivity contribution in [2.45, 2.75) is 32.4 Å². The van der Waals surface area contributed by atoms with E-state index >= 15 is 0 Å². The number of hydrogen-bond acceptors (Lipinski definition) is 3. The molecule has 0 saturated heterocycles. The second kappa shape index (κ2) is 7.09. The summed E-state index contributed by atoms with van der Waals surface area (Å²) in [6.45, 7) is 2.08. The number of alkyl halides is 3. The van der Waals surface area contributed by atoms with Gasteiger partial charge in [-0.15, -0.1) is 10.2 Å². The van der Waals surface area contributed by atoms with Gasteiger partial charge >= 0.3 is 6.18 Å². The molecule has 3 nitrogen and oxygen atoms in total. The molecule has 0 saturated carbocycles. The molecule has 0 N–H and O–H groups in total. The van der Waals surface area contributed by atoms with Gasteiger partial charge in [0.05, 0.1) is 5.56 Å². The fourth-order valence-electron chi connectivity index (χ4n) is 2.57. The molecule has 130 valence electrons. The molecule has 6 heteroatoms. The smallest absolute Gasteiger partial charge is 0.417 e. The van der Waals surface area contributed by atoms with Gasteiger partial charge in [0, 0.05) is 12.0 Å². The minimum atomic E-state index is -4.39. The maximum atomic E-state index is 13.1. The molecule has 1 aromatic heterocycles. The van der Waals surface area contributed by atoms with Crippen molar-refractivity contribution in [2.24, 2.45) is 0 Å². The predicted molar refractivity (Wildman–Crippen MR) is 88.8 cm³/mol. The molecule has 0 radical (unpaired) electrons. The number of aromatic nitrogens is 2. The van der Waals surface area contributed by atoms with Crippen LogP contribution in [0.25, 0.3) is 22.6 Å². The Morgan fingerprint density at radius 3 is 2.28 bits per heavy atom. The number of aryl methyl sites for hydroxylation is 1. The molecule has 0 aliphatic carbocycles. The van der Waals surface area contributed by atoms with Crippen LogP contribution in [-0.4, -0.2) is 10.2 Å². The highest BCUT2D eigenvalue weighted by Gasteiger charge is 2.33. The minimum absolute atomic E-state index is 0.149. The topological polar surface area (TPSA) is 38.9 Å². The number of unbranched alkanes of at least 4 members (excludes halogenated alkanes) is 1. The summed E-state index contributed by atoms with van der Waals surface area (Å²) < 4.78 is 45.0. The Balaban J connectivity index is 1.87. The van der Waals surface area contributed by atoms with Crippen LogP contribution in [0.3, 0.4) is 0 Å². The average molecular weight is 346 g/mol. The van der Waals surface area contributed by atoms with E-state index < -0.39 is 11.7 Å². The lowest BCUT2D eigenvalue weighted by Crippen LogP contribution is -2.06. The van der Waals surface area contributed by atoms with Crippen molar-refractivity contribution in [1.82, 2.24) is 10.2 Å². The van der Waals surface area contributed by atoms with Gasteiger partial charge in [-0.05, 0) is 35.7 Å². The zero-order valence-electron chi connectivity index (χ0n) is 13.7. The second-order valence-corrected chi connectivity index (χ2v) is 5.73. The first-order valence-corrected chi connectivity index (χ1v) is 8.08. The van der Waals surface area contributed by atoms with Crippen molar-refractivity contribution in [1.29, 1.82) is 0 Å². The Bertz CT molecular complexity index is 838. The van der Waals surface area contributed by atoms with Crippen molar-refractivity contribution >= 4 is 0 Å². The third-order valence-corrected chi connectivity index (χ3v) is 3.89. The maximum Gasteiger partial charge on any atom is 0.417 e. The molecule has 25 heavy (non-hydrogen) atoms. The molecule has 0 aliphatic rings. The van der Waals surface area contributed by atoms with Crippen molar-refractivity contribution in [3.05, 3.63) is 60.0 Å². The molecular formula is C19H17F3N2O. The van der Waals surface area contributed by atoms with Crippen molar-refractivity contribution in [3.8, 4) is 22.6 Å². The van der Waals surface area contributed by atoms with E-state index in [1.165, 1.54) is 12.1 Å². The highest BCUT2D eigenvalue weighted by Crippen LogP contribution is 2.37. The first-order chi connectivity index (χ1) is 12.0. The van der Waals surface area contributed by atoms with Crippen molar-refractivity contribution in [3.63, 3.8) is 0 Å². The Kier molecular flexibility index (Phi) is 4.88. The van der Waals surface area contributed by atoms with Gasteiger partial charge in [0.1, 0.15) is 0 Å². The van der Waals surface area contributed by atoms with Gasteiger partial charge in [0.15, 0.2) is 0 Å². The number of hydrogen-bond donors (Lipinski definition) is 0. The number of benzene rings is 2. The normalized spacial score (nSPS) is 11.7. The monoisotopic (exact) mass is 346 g/mol. The van der Waals surface area contributed by atoms with Crippen LogP contribution in [0.5, 0.6) is 0 Å². The Morgan fingerprint density at radius 1 is 0.920 bits per heavy atom. The zero-order chi connectivity index (χ0) is 17.9. The van der Waals surface area contributed by atoms with Gasteiger partial charge in [0.2, 0.25) is 11.8 Å². The molecule has 0 unspecified atom stereocenters. The predicted octanol–water partition coefficient (Wildman–Crippen LogP) is 5.77. The molecule has 0 bridgehead atoms. The summed E-state index contributed by atoms with van der Waals surface area (Å²) in [5, 5.41) is 7.99. The van der Waals surface area contributed by atoms with Gasteiger partial charge in [-0.3, -0.25) is 0 Å². The highest BCUT2D eigenvalue weighted by molar-refractivity contribution is 5.70. The quantitative estimate of drug-likeness (QED) is 0.589.